The van der Waals surface area contributed by atoms with Crippen LogP contribution in [-0.2, 0) is 10.5 Å². The van der Waals surface area contributed by atoms with Gasteiger partial charge in [-0.1, -0.05) is 53.9 Å². The van der Waals surface area contributed by atoms with Crippen molar-refractivity contribution in [3.63, 3.8) is 0 Å². The molecule has 0 fully saturated rings. The highest BCUT2D eigenvalue weighted by Crippen LogP contribution is 2.36. The van der Waals surface area contributed by atoms with E-state index in [1.54, 1.807) is 13.2 Å². The molecule has 0 unspecified atom stereocenters. The summed E-state index contributed by atoms with van der Waals surface area (Å²) in [6.07, 6.45) is 0. The van der Waals surface area contributed by atoms with Crippen LogP contribution in [0.2, 0.25) is 0 Å². The lowest BCUT2D eigenvalue weighted by molar-refractivity contribution is -0.384. The molecule has 12 heteroatoms. The van der Waals surface area contributed by atoms with Gasteiger partial charge in [0.2, 0.25) is 5.91 Å². The first-order chi connectivity index (χ1) is 20.5. The summed E-state index contributed by atoms with van der Waals surface area (Å²) in [5.41, 5.74) is 5.09. The van der Waals surface area contributed by atoms with Crippen LogP contribution in [-0.4, -0.2) is 38.2 Å². The molecule has 42 heavy (non-hydrogen) atoms. The molecule has 0 spiro atoms. The summed E-state index contributed by atoms with van der Waals surface area (Å²) >= 11 is 4.37. The van der Waals surface area contributed by atoms with Gasteiger partial charge in [0.1, 0.15) is 5.75 Å². The number of nitro groups is 1. The summed E-state index contributed by atoms with van der Waals surface area (Å²) in [7, 11) is 1.54. The Labute approximate surface area is 253 Å². The molecule has 0 bridgehead atoms. The van der Waals surface area contributed by atoms with Crippen LogP contribution < -0.4 is 10.1 Å². The predicted molar refractivity (Wildman–Crippen MR) is 169 cm³/mol. The Morgan fingerprint density at radius 1 is 0.976 bits per heavy atom. The molecule has 0 saturated carbocycles. The summed E-state index contributed by atoms with van der Waals surface area (Å²) in [6, 6.07) is 28.1. The zero-order chi connectivity index (χ0) is 29.1. The van der Waals surface area contributed by atoms with Crippen LogP contribution in [0.15, 0.2) is 100 Å². The van der Waals surface area contributed by atoms with Gasteiger partial charge in [-0.2, -0.15) is 0 Å². The van der Waals surface area contributed by atoms with Crippen LogP contribution in [0.5, 0.6) is 5.75 Å². The predicted octanol–water partition coefficient (Wildman–Crippen LogP) is 7.58. The zero-order valence-electron chi connectivity index (χ0n) is 22.2. The molecule has 0 atom stereocenters. The van der Waals surface area contributed by atoms with Crippen molar-refractivity contribution in [2.75, 3.05) is 18.2 Å². The minimum atomic E-state index is -0.418. The Hall–Kier alpha value is -4.39. The van der Waals surface area contributed by atoms with Gasteiger partial charge in [0.25, 0.3) is 5.69 Å². The van der Waals surface area contributed by atoms with Gasteiger partial charge in [-0.3, -0.25) is 19.5 Å². The van der Waals surface area contributed by atoms with E-state index in [9.17, 15) is 14.9 Å². The van der Waals surface area contributed by atoms with Crippen molar-refractivity contribution in [1.29, 1.82) is 0 Å². The van der Waals surface area contributed by atoms with Crippen molar-refractivity contribution < 1.29 is 14.5 Å². The van der Waals surface area contributed by atoms with Gasteiger partial charge in [0.15, 0.2) is 9.50 Å². The van der Waals surface area contributed by atoms with Gasteiger partial charge in [-0.25, -0.2) is 9.97 Å². The lowest BCUT2D eigenvalue weighted by Gasteiger charge is -2.09. The van der Waals surface area contributed by atoms with E-state index in [1.807, 2.05) is 72.8 Å². The Morgan fingerprint density at radius 3 is 2.60 bits per heavy atom. The molecule has 0 aliphatic carbocycles. The van der Waals surface area contributed by atoms with Gasteiger partial charge in [-0.05, 0) is 48.5 Å². The summed E-state index contributed by atoms with van der Waals surface area (Å²) in [4.78, 5) is 33.2. The maximum absolute atomic E-state index is 12.9. The number of imidazole rings is 1. The number of aromatic nitrogens is 3. The van der Waals surface area contributed by atoms with Crippen molar-refractivity contribution in [3.8, 4) is 11.4 Å². The normalized spacial score (nSPS) is 11.2. The van der Waals surface area contributed by atoms with E-state index in [0.29, 0.717) is 17.2 Å². The fourth-order valence-electron chi connectivity index (χ4n) is 4.43. The van der Waals surface area contributed by atoms with Gasteiger partial charge in [0.05, 0.1) is 39.0 Å². The van der Waals surface area contributed by atoms with Crippen LogP contribution in [0.3, 0.4) is 0 Å². The molecule has 0 radical (unpaired) electrons. The minimum Gasteiger partial charge on any atom is -0.496 e. The van der Waals surface area contributed by atoms with Crippen LogP contribution in [0, 0.1) is 10.1 Å². The number of para-hydroxylation sites is 3. The minimum absolute atomic E-state index is 0.0200. The van der Waals surface area contributed by atoms with Crippen molar-refractivity contribution in [2.45, 2.75) is 15.2 Å². The molecule has 6 rings (SSSR count). The number of thioether (sulfide) groups is 2. The van der Waals surface area contributed by atoms with Crippen LogP contribution in [0.4, 0.5) is 11.4 Å². The molecule has 2 heterocycles. The van der Waals surface area contributed by atoms with E-state index in [0.717, 1.165) is 42.0 Å². The number of benzene rings is 4. The van der Waals surface area contributed by atoms with E-state index in [2.05, 4.69) is 14.9 Å². The molecule has 2 aromatic heterocycles. The lowest BCUT2D eigenvalue weighted by Crippen LogP contribution is -2.14. The van der Waals surface area contributed by atoms with Gasteiger partial charge >= 0.3 is 0 Å². The van der Waals surface area contributed by atoms with Gasteiger partial charge in [-0.15, -0.1) is 11.3 Å². The van der Waals surface area contributed by atoms with Crippen LogP contribution in [0.1, 0.15) is 5.56 Å². The quantitative estimate of drug-likeness (QED) is 0.0956. The number of ether oxygens (including phenoxy) is 1. The Kier molecular flexibility index (Phi) is 8.08. The summed E-state index contributed by atoms with van der Waals surface area (Å²) < 4.78 is 9.19. The number of methoxy groups -OCH3 is 1. The third-order valence-corrected chi connectivity index (χ3v) is 9.50. The highest BCUT2D eigenvalue weighted by atomic mass is 32.2. The number of thiazole rings is 1. The number of nitrogens with one attached hydrogen (secondary N) is 1. The largest absolute Gasteiger partial charge is 0.496 e. The molecular formula is C30H23N5O4S3. The fourth-order valence-corrected chi connectivity index (χ4v) is 7.34. The molecule has 0 aliphatic rings. The Morgan fingerprint density at radius 2 is 1.79 bits per heavy atom. The van der Waals surface area contributed by atoms with Crippen molar-refractivity contribution >= 4 is 73.4 Å². The molecule has 210 valence electrons. The first-order valence-electron chi connectivity index (χ1n) is 12.8. The third kappa shape index (κ3) is 5.96. The first-order valence-corrected chi connectivity index (χ1v) is 15.6. The maximum atomic E-state index is 12.9. The number of anilines is 1. The number of carbonyl (C=O) groups excluding carboxylic acids is 1. The summed E-state index contributed by atoms with van der Waals surface area (Å²) in [5.74, 6) is 1.13. The SMILES string of the molecule is COc1ccc([N+](=O)[O-])cc1CSc1nc2ccc(NC(=O)CSc3nc4ccccc4n3-c3ccccc3)cc2s1. The average Bonchev–Trinajstić information content (AvgIpc) is 3.59. The average molecular weight is 614 g/mol. The first kappa shape index (κ1) is 27.8. The number of rotatable bonds is 10. The summed E-state index contributed by atoms with van der Waals surface area (Å²) in [6.45, 7) is 0. The number of nitro benzene ring substituents is 1. The number of non-ortho nitro benzene ring substituents is 1. The van der Waals surface area contributed by atoms with Gasteiger partial charge in [0, 0.05) is 34.8 Å². The molecule has 9 nitrogen and oxygen atoms in total. The fraction of sp³-hybridized carbons (Fsp3) is 0.100. The second-order valence-electron chi connectivity index (χ2n) is 9.10. The molecule has 4 aromatic carbocycles. The van der Waals surface area contributed by atoms with Crippen molar-refractivity contribution in [2.24, 2.45) is 0 Å². The van der Waals surface area contributed by atoms with E-state index in [4.69, 9.17) is 9.72 Å². The Bertz CT molecular complexity index is 1920. The van der Waals surface area contributed by atoms with Crippen molar-refractivity contribution in [1.82, 2.24) is 14.5 Å². The Balaban J connectivity index is 1.13. The van der Waals surface area contributed by atoms with E-state index < -0.39 is 4.92 Å². The van der Waals surface area contributed by atoms with E-state index in [1.165, 1.54) is 47.0 Å². The van der Waals surface area contributed by atoms with Crippen LogP contribution in [0.25, 0.3) is 26.9 Å². The molecule has 6 aromatic rings. The smallest absolute Gasteiger partial charge is 0.270 e. The highest BCUT2D eigenvalue weighted by molar-refractivity contribution is 8.00. The van der Waals surface area contributed by atoms with E-state index >= 15 is 0 Å². The number of fused-ring (bicyclic) bond motifs is 2. The third-order valence-electron chi connectivity index (χ3n) is 6.36. The van der Waals surface area contributed by atoms with Crippen LogP contribution >= 0.6 is 34.9 Å². The monoisotopic (exact) mass is 613 g/mol. The second-order valence-corrected chi connectivity index (χ2v) is 12.3. The topological polar surface area (TPSA) is 112 Å². The molecular weight excluding hydrogens is 591 g/mol. The molecule has 0 aliphatic heterocycles. The summed E-state index contributed by atoms with van der Waals surface area (Å²) in [5, 5.41) is 14.9. The number of amides is 1. The standard InChI is InChI=1S/C30H23N5O4S3/c1-39-26-14-12-22(35(37)38)15-19(26)17-41-30-33-24-13-11-20(16-27(24)42-30)31-28(36)18-40-29-32-23-9-5-6-10-25(23)34(29)21-7-3-2-4-8-21/h2-16H,17-18H2,1H3,(H,31,36). The lowest BCUT2D eigenvalue weighted by atomic mass is 10.2. The molecule has 1 amide bonds. The number of nitrogens with zero attached hydrogens (tertiary/aromatic N) is 4. The molecule has 1 N–H and O–H groups in total. The van der Waals surface area contributed by atoms with Crippen molar-refractivity contribution in [3.05, 3.63) is 107 Å². The number of hydrogen-bond donors (Lipinski definition) is 1. The zero-order valence-corrected chi connectivity index (χ0v) is 24.7. The molecule has 0 saturated heterocycles. The maximum Gasteiger partial charge on any atom is 0.270 e. The second kappa shape index (κ2) is 12.2. The number of hydrogen-bond acceptors (Lipinski definition) is 9. The highest BCUT2D eigenvalue weighted by Gasteiger charge is 2.16. The number of carbonyl (C=O) groups is 1. The van der Waals surface area contributed by atoms with Gasteiger partial charge < -0.3 is 10.1 Å². The van der Waals surface area contributed by atoms with E-state index in [-0.39, 0.29) is 17.3 Å².